The summed E-state index contributed by atoms with van der Waals surface area (Å²) in [4.78, 5) is 2.80. The third-order valence-corrected chi connectivity index (χ3v) is 5.57. The molecule has 0 aliphatic heterocycles. The molecule has 14 heavy (non-hydrogen) atoms. The third-order valence-electron chi connectivity index (χ3n) is 2.07. The van der Waals surface area contributed by atoms with E-state index < -0.39 is 0 Å². The summed E-state index contributed by atoms with van der Waals surface area (Å²) in [6.07, 6.45) is 0. The fourth-order valence-corrected chi connectivity index (χ4v) is 3.64. The fourth-order valence-electron chi connectivity index (χ4n) is 1.33. The molecular weight excluding hydrogens is 207 g/mol. The van der Waals surface area contributed by atoms with Crippen LogP contribution < -0.4 is 0 Å². The van der Waals surface area contributed by atoms with Crippen molar-refractivity contribution >= 4 is 19.0 Å². The molecule has 0 amide bonds. The van der Waals surface area contributed by atoms with E-state index in [1.807, 2.05) is 0 Å². The van der Waals surface area contributed by atoms with Crippen LogP contribution in [0.5, 0.6) is 0 Å². The minimum atomic E-state index is -0.254. The highest BCUT2D eigenvalue weighted by Crippen LogP contribution is 2.50. The second kappa shape index (κ2) is 4.63. The third kappa shape index (κ3) is 2.17. The Balaban J connectivity index is 2.30. The molecule has 0 aliphatic carbocycles. The summed E-state index contributed by atoms with van der Waals surface area (Å²) in [5, 5.41) is 0. The summed E-state index contributed by atoms with van der Waals surface area (Å²) in [5.74, 6) is 0. The molecule has 0 nitrogen and oxygen atoms in total. The number of benzene rings is 2. The van der Waals surface area contributed by atoms with Gasteiger partial charge in [-0.15, -0.1) is 0 Å². The van der Waals surface area contributed by atoms with Gasteiger partial charge in [-0.05, 0) is 34.1 Å². The maximum Gasteiger partial charge on any atom is -0.00538 e. The number of hydrogen-bond acceptors (Lipinski definition) is 0. The van der Waals surface area contributed by atoms with Crippen LogP contribution in [0.15, 0.2) is 70.5 Å². The first kappa shape index (κ1) is 9.76. The van der Waals surface area contributed by atoms with E-state index in [9.17, 15) is 0 Å². The standard InChI is InChI=1S/C12H13PS/c13-14(11-7-3-1-4-8-11)12-9-5-2-6-10-12/h1-10,14H,13H2. The Hall–Kier alpha value is -0.780. The number of thiol groups is 1. The van der Waals surface area contributed by atoms with Crippen LogP contribution in [0.1, 0.15) is 0 Å². The second-order valence-corrected chi connectivity index (χ2v) is 6.36. The average Bonchev–Trinajstić information content (AvgIpc) is 2.30. The molecular formula is C12H13PS. The zero-order valence-electron chi connectivity index (χ0n) is 7.80. The molecule has 0 aliphatic rings. The summed E-state index contributed by atoms with van der Waals surface area (Å²) < 4.78 is 0. The minimum Gasteiger partial charge on any atom is -0.185 e. The minimum absolute atomic E-state index is 0.254. The smallest absolute Gasteiger partial charge is 0.00538 e. The van der Waals surface area contributed by atoms with Crippen molar-refractivity contribution in [2.45, 2.75) is 9.79 Å². The molecule has 2 heteroatoms. The maximum absolute atomic E-state index is 2.95. The lowest BCUT2D eigenvalue weighted by molar-refractivity contribution is 1.40. The van der Waals surface area contributed by atoms with Crippen LogP contribution in [0.2, 0.25) is 0 Å². The van der Waals surface area contributed by atoms with Crippen molar-refractivity contribution < 1.29 is 0 Å². The predicted molar refractivity (Wildman–Crippen MR) is 68.1 cm³/mol. The molecule has 1 atom stereocenters. The molecule has 0 spiro atoms. The van der Waals surface area contributed by atoms with Crippen LogP contribution in [0.25, 0.3) is 0 Å². The Morgan fingerprint density at radius 1 is 0.643 bits per heavy atom. The molecule has 72 valence electrons. The van der Waals surface area contributed by atoms with Crippen molar-refractivity contribution in [3.05, 3.63) is 60.7 Å². The van der Waals surface area contributed by atoms with Gasteiger partial charge in [0.1, 0.15) is 0 Å². The first-order chi connectivity index (χ1) is 6.88. The summed E-state index contributed by atoms with van der Waals surface area (Å²) in [5.41, 5.74) is 0. The highest BCUT2D eigenvalue weighted by molar-refractivity contribution is 8.56. The molecule has 1 unspecified atom stereocenters. The Labute approximate surface area is 89.7 Å². The van der Waals surface area contributed by atoms with Crippen molar-refractivity contribution in [1.82, 2.24) is 0 Å². The van der Waals surface area contributed by atoms with Gasteiger partial charge in [-0.3, -0.25) is 0 Å². The van der Waals surface area contributed by atoms with Gasteiger partial charge in [0.15, 0.2) is 0 Å². The molecule has 0 aromatic heterocycles. The lowest BCUT2D eigenvalue weighted by atomic mass is 10.4. The Kier molecular flexibility index (Phi) is 3.23. The van der Waals surface area contributed by atoms with Crippen LogP contribution in [0.4, 0.5) is 0 Å². The Morgan fingerprint density at radius 2 is 1.00 bits per heavy atom. The van der Waals surface area contributed by atoms with Gasteiger partial charge in [-0.1, -0.05) is 44.8 Å². The van der Waals surface area contributed by atoms with Crippen molar-refractivity contribution in [3.8, 4) is 0 Å². The average molecular weight is 220 g/mol. The van der Waals surface area contributed by atoms with Gasteiger partial charge in [0.25, 0.3) is 0 Å². The molecule has 0 N–H and O–H groups in total. The van der Waals surface area contributed by atoms with Crippen LogP contribution in [0.3, 0.4) is 0 Å². The van der Waals surface area contributed by atoms with Gasteiger partial charge in [0.05, 0.1) is 0 Å². The second-order valence-electron chi connectivity index (χ2n) is 3.04. The van der Waals surface area contributed by atoms with Crippen LogP contribution in [-0.4, -0.2) is 0 Å². The van der Waals surface area contributed by atoms with E-state index in [2.05, 4.69) is 69.1 Å². The molecule has 0 bridgehead atoms. The van der Waals surface area contributed by atoms with Crippen molar-refractivity contribution in [2.75, 3.05) is 0 Å². The summed E-state index contributed by atoms with van der Waals surface area (Å²) in [6.45, 7) is 0. The Bertz CT molecular complexity index is 346. The molecule has 0 heterocycles. The predicted octanol–water partition coefficient (Wildman–Crippen LogP) is 3.90. The molecule has 0 saturated heterocycles. The van der Waals surface area contributed by atoms with E-state index in [0.717, 1.165) is 0 Å². The van der Waals surface area contributed by atoms with Crippen LogP contribution in [-0.2, 0) is 0 Å². The highest BCUT2D eigenvalue weighted by Gasteiger charge is 2.01. The zero-order chi connectivity index (χ0) is 9.80. The van der Waals surface area contributed by atoms with Gasteiger partial charge in [0, 0.05) is 0 Å². The van der Waals surface area contributed by atoms with Crippen molar-refractivity contribution in [2.24, 2.45) is 0 Å². The largest absolute Gasteiger partial charge is 0.185 e. The van der Waals surface area contributed by atoms with E-state index in [4.69, 9.17) is 0 Å². The molecule has 2 aromatic rings. The molecule has 2 aromatic carbocycles. The molecule has 2 rings (SSSR count). The summed E-state index contributed by atoms with van der Waals surface area (Å²) in [6, 6.07) is 21.2. The quantitative estimate of drug-likeness (QED) is 0.576. The van der Waals surface area contributed by atoms with Gasteiger partial charge < -0.3 is 0 Å². The van der Waals surface area contributed by atoms with E-state index in [1.54, 1.807) is 0 Å². The maximum atomic E-state index is 2.95. The molecule has 0 saturated carbocycles. The molecule has 0 fully saturated rings. The van der Waals surface area contributed by atoms with E-state index in [1.165, 1.54) is 9.79 Å². The van der Waals surface area contributed by atoms with E-state index in [-0.39, 0.29) is 10.5 Å². The van der Waals surface area contributed by atoms with Crippen molar-refractivity contribution in [1.29, 1.82) is 0 Å². The topological polar surface area (TPSA) is 0 Å². The monoisotopic (exact) mass is 220 g/mol. The summed E-state index contributed by atoms with van der Waals surface area (Å²) >= 11 is 0. The Morgan fingerprint density at radius 3 is 1.36 bits per heavy atom. The van der Waals surface area contributed by atoms with Gasteiger partial charge in [-0.2, -0.15) is 10.5 Å². The highest BCUT2D eigenvalue weighted by atomic mass is 32.7. The van der Waals surface area contributed by atoms with Crippen LogP contribution in [0, 0.1) is 0 Å². The first-order valence-electron chi connectivity index (χ1n) is 4.53. The lowest BCUT2D eigenvalue weighted by Gasteiger charge is -2.16. The van der Waals surface area contributed by atoms with Gasteiger partial charge in [0.2, 0.25) is 0 Å². The normalized spacial score (nSPS) is 11.1. The SMILES string of the molecule is P[SH](c1ccccc1)c1ccccc1. The van der Waals surface area contributed by atoms with E-state index >= 15 is 0 Å². The molecule has 0 radical (unpaired) electrons. The van der Waals surface area contributed by atoms with Crippen molar-refractivity contribution in [3.63, 3.8) is 0 Å². The van der Waals surface area contributed by atoms with E-state index in [0.29, 0.717) is 0 Å². The fraction of sp³-hybridized carbons (Fsp3) is 0. The summed E-state index contributed by atoms with van der Waals surface area (Å²) in [7, 11) is 2.70. The number of hydrogen-bond donors (Lipinski definition) is 1. The number of rotatable bonds is 2. The van der Waals surface area contributed by atoms with Gasteiger partial charge >= 0.3 is 0 Å². The first-order valence-corrected chi connectivity index (χ1v) is 7.49. The van der Waals surface area contributed by atoms with Crippen LogP contribution >= 0.6 is 19.0 Å². The lowest BCUT2D eigenvalue weighted by Crippen LogP contribution is -1.76. The van der Waals surface area contributed by atoms with Gasteiger partial charge in [-0.25, -0.2) is 0 Å². The zero-order valence-corrected chi connectivity index (χ0v) is 9.85.